The Morgan fingerprint density at radius 2 is 0.635 bits per heavy atom. The number of halogens is 4. The number of esters is 10. The minimum Gasteiger partial charge on any atom is -0.743 e. The van der Waals surface area contributed by atoms with E-state index < -0.39 is 184 Å². The number of fused-ring (bicyclic) bond motifs is 2. The lowest BCUT2D eigenvalue weighted by atomic mass is 9.47. The summed E-state index contributed by atoms with van der Waals surface area (Å²) in [5.74, 6) is 8.68. The van der Waals surface area contributed by atoms with Crippen LogP contribution in [0.1, 0.15) is 339 Å². The lowest BCUT2D eigenvalue weighted by molar-refractivity contribution is -0.231. The van der Waals surface area contributed by atoms with E-state index in [0.717, 1.165) is 51.9 Å². The number of unbranched alkanes of at least 4 members (excludes halogenated alkanes) is 6. The van der Waals surface area contributed by atoms with Crippen LogP contribution in [0.3, 0.4) is 0 Å². The molecule has 12 aliphatic carbocycles. The molecule has 2 aliphatic heterocycles. The maximum atomic E-state index is 12.8. The molecule has 14 rings (SSSR count). The fourth-order valence-electron chi connectivity index (χ4n) is 22.1. The first-order chi connectivity index (χ1) is 68.7. The highest BCUT2D eigenvalue weighted by molar-refractivity contribution is 7.97. The number of carbonyl (C=O) groups is 10. The summed E-state index contributed by atoms with van der Waals surface area (Å²) in [7, 11) is -17.3. The molecule has 12 bridgehead atoms. The summed E-state index contributed by atoms with van der Waals surface area (Å²) in [4.78, 5) is 116. The van der Waals surface area contributed by atoms with E-state index in [1.165, 1.54) is 190 Å². The van der Waals surface area contributed by atoms with Gasteiger partial charge < -0.3 is 56.5 Å². The van der Waals surface area contributed by atoms with E-state index in [-0.39, 0.29) is 63.4 Å². The molecule has 2 heterocycles. The van der Waals surface area contributed by atoms with Crippen LogP contribution in [0, 0.1) is 99.1 Å². The molecule has 14 fully saturated rings. The quantitative estimate of drug-likeness (QED) is 0.0104. The van der Waals surface area contributed by atoms with Crippen LogP contribution in [-0.4, -0.2) is 233 Å². The highest BCUT2D eigenvalue weighted by Crippen LogP contribution is 2.64. The molecule has 2 saturated heterocycles. The summed E-state index contributed by atoms with van der Waals surface area (Å²) >= 11 is 0. The van der Waals surface area contributed by atoms with Gasteiger partial charge in [-0.3, -0.25) is 22.7 Å². The Kier molecular flexibility index (Phi) is 52.0. The van der Waals surface area contributed by atoms with E-state index in [0.29, 0.717) is 79.6 Å². The number of ether oxygens (including phenoxy) is 10. The molecule has 148 heavy (non-hydrogen) atoms. The number of rotatable bonds is 47. The Morgan fingerprint density at radius 1 is 0.378 bits per heavy atom. The smallest absolute Gasteiger partial charge is 0.367 e. The second-order valence-electron chi connectivity index (χ2n) is 44.7. The monoisotopic (exact) mass is 2230 g/mol. The van der Waals surface area contributed by atoms with Gasteiger partial charge in [0.1, 0.15) is 70.1 Å². The predicted octanol–water partition coefficient (Wildman–Crippen LogP) is 18.4. The molecule has 0 aromatic rings. The summed E-state index contributed by atoms with van der Waals surface area (Å²) < 4.78 is 217. The van der Waals surface area contributed by atoms with Gasteiger partial charge >= 0.3 is 70.2 Å². The molecule has 0 aromatic heterocycles. The molecule has 14 aliphatic rings. The van der Waals surface area contributed by atoms with Crippen molar-refractivity contribution in [2.75, 3.05) is 74.2 Å². The summed E-state index contributed by atoms with van der Waals surface area (Å²) in [6.07, 6.45) is 32.1. The molecule has 42 heteroatoms. The Bertz CT molecular complexity index is 4780. The first-order valence-corrected chi connectivity index (χ1v) is 62.5. The van der Waals surface area contributed by atoms with Crippen LogP contribution in [0.2, 0.25) is 0 Å². The van der Waals surface area contributed by atoms with Gasteiger partial charge in [0.25, 0.3) is 20.2 Å². The van der Waals surface area contributed by atoms with Gasteiger partial charge in [0, 0.05) is 40.4 Å². The number of hydrogen-bond acceptors (Lipinski definition) is 32. The van der Waals surface area contributed by atoms with Gasteiger partial charge in [-0.15, -0.1) is 0 Å². The van der Waals surface area contributed by atoms with Crippen molar-refractivity contribution in [1.82, 2.24) is 0 Å². The molecular weight excluding hydrogens is 2050 g/mol. The topological polar surface area (TPSA) is 464 Å². The highest BCUT2D eigenvalue weighted by atomic mass is 32.2. The van der Waals surface area contributed by atoms with Crippen molar-refractivity contribution in [3.8, 4) is 0 Å². The lowest BCUT2D eigenvalue weighted by Gasteiger charge is -2.62. The molecule has 0 amide bonds. The third-order valence-electron chi connectivity index (χ3n) is 31.4. The standard InChI is InChI=1S/C19H32O2.C17H26O2.C15H22O7S.C13H16O7S.2C12H27S.C10H16F2O7S.C8H10F2O7S/c1-6-18(4,5)17(20)21-19(12(2)3)15-8-13-7-14(10-15)11-16(19)9-13;1-10(2)16(18)19-17(11(3)4)14-6-12-5-13(8-14)9-15(17)7-12;1-4-15(2,3)14(17)20-7-11(16)21-12-8-5-9-10(6-8)23(18,19)22-13(9)12;1-6(2)13(15)18-5-10(14)19-11-7-3-8-9(4-7)21(16,17)20-12(8)11;2*1-4-7-10-13(11-8-5-2)12-9-6-3;1-4-9(2,3)8(14)18-5-7(13)19-6-10(11,12)20(15,16)17;1-5(2)7(12)16-3-6(11)17-4-8(9,10)18(13,14)15/h12-16H,6-11H2,1-5H3;11-15H,1,5-9H2,2-4H3;8-10,12-13H,4-7H2,1-3H3;7-9,11-12H,1,3-5H2,2H3;2*4-12H2,1-3H3;4-6H2,1-3H3,(H,15,16,17);1,3-4H2,2H3,(H,13,14,15)/q;;;;2*+1;;/p-2. The van der Waals surface area contributed by atoms with Gasteiger partial charge in [-0.2, -0.15) is 34.4 Å². The van der Waals surface area contributed by atoms with Crippen molar-refractivity contribution in [2.45, 2.75) is 395 Å². The first kappa shape index (κ1) is 132. The normalized spacial score (nSPS) is 27.8. The molecule has 0 aromatic carbocycles. The summed E-state index contributed by atoms with van der Waals surface area (Å²) in [6.45, 7) is 47.2. The average molecular weight is 2230 g/mol. The summed E-state index contributed by atoms with van der Waals surface area (Å²) in [5.41, 5.74) is -1.54. The van der Waals surface area contributed by atoms with E-state index in [1.807, 2.05) is 20.8 Å². The molecule has 10 atom stereocenters. The fraction of sp³-hybridized carbons (Fsp3) is 0.849. The predicted molar refractivity (Wildman–Crippen MR) is 554 cm³/mol. The zero-order valence-electron chi connectivity index (χ0n) is 91.7. The average Bonchev–Trinajstić information content (AvgIpc) is 1.56. The Labute approximate surface area is 885 Å². The molecule has 0 radical (unpaired) electrons. The van der Waals surface area contributed by atoms with Crippen molar-refractivity contribution in [2.24, 2.45) is 99.1 Å². The van der Waals surface area contributed by atoms with Gasteiger partial charge in [-0.25, -0.2) is 50.4 Å². The van der Waals surface area contributed by atoms with Crippen molar-refractivity contribution in [3.63, 3.8) is 0 Å². The van der Waals surface area contributed by atoms with E-state index in [9.17, 15) is 108 Å². The minimum atomic E-state index is -5.93. The molecule has 0 spiro atoms. The third-order valence-corrected chi connectivity index (χ3v) is 41.9. The molecule has 854 valence electrons. The first-order valence-electron chi connectivity index (χ1n) is 53.3. The van der Waals surface area contributed by atoms with Gasteiger partial charge in [-0.05, 0) is 291 Å². The molecule has 10 unspecified atom stereocenters. The van der Waals surface area contributed by atoms with Gasteiger partial charge in [0.05, 0.1) is 26.7 Å². The van der Waals surface area contributed by atoms with Crippen molar-refractivity contribution in [1.29, 1.82) is 0 Å². The Hall–Kier alpha value is -6.02. The second-order valence-corrected chi connectivity index (χ2v) is 56.2. The van der Waals surface area contributed by atoms with Gasteiger partial charge in [0.15, 0.2) is 59.9 Å². The lowest BCUT2D eigenvalue weighted by Crippen LogP contribution is -2.63. The van der Waals surface area contributed by atoms with Crippen LogP contribution >= 0.6 is 0 Å². The van der Waals surface area contributed by atoms with Crippen LogP contribution in [-0.2, 0) is 166 Å². The molecule has 0 N–H and O–H groups in total. The molecular formula is C106H174F4O32S6. The van der Waals surface area contributed by atoms with E-state index in [1.54, 1.807) is 41.5 Å². The van der Waals surface area contributed by atoms with Crippen LogP contribution in [0.25, 0.3) is 0 Å². The maximum absolute atomic E-state index is 12.8. The van der Waals surface area contributed by atoms with Crippen LogP contribution in [0.5, 0.6) is 0 Å². The largest absolute Gasteiger partial charge is 0.743 e. The van der Waals surface area contributed by atoms with Crippen LogP contribution in [0.4, 0.5) is 17.6 Å². The van der Waals surface area contributed by atoms with E-state index >= 15 is 0 Å². The van der Waals surface area contributed by atoms with Crippen molar-refractivity contribution >= 4 is 122 Å². The number of carbonyl (C=O) groups excluding carboxylic acids is 10. The van der Waals surface area contributed by atoms with E-state index in [2.05, 4.69) is 115 Å². The SMILES string of the molecule is C=C(C)C(=O)OC1(C(C)C)C2CC3CC(C2)CC1C3.C=C(C)C(=O)OCC(=O)OC1C2CC3C1OS(=O)(=O)C3C2.C=C(C)C(=O)OCC(=O)OCC(F)(F)S(=O)(=O)[O-].CCC(C)(C)C(=O)OC1(C(C)C)C2CC3CC(C2)CC1C3.CCC(C)(C)C(=O)OCC(=O)OC1C2CC3C1OS(=O)(=O)C3C2.CCC(C)(C)C(=O)OCC(=O)OCC(F)(F)S(=O)(=O)[O-].CCCC[S+](CCCC)CCCC.CCCC[S+](CCCC)CCCC. The van der Waals surface area contributed by atoms with Crippen LogP contribution in [0.15, 0.2) is 36.5 Å². The highest BCUT2D eigenvalue weighted by Gasteiger charge is 2.68. The number of hydrogen-bond donors (Lipinski definition) is 0. The molecule has 12 saturated carbocycles. The summed E-state index contributed by atoms with van der Waals surface area (Å²) in [6, 6.07) is 0. The zero-order valence-corrected chi connectivity index (χ0v) is 96.6. The fourth-order valence-corrected chi connectivity index (χ4v) is 31.7. The Balaban J connectivity index is 0.000000299. The molecule has 32 nitrogen and oxygen atoms in total. The minimum absolute atomic E-state index is 0.00284. The van der Waals surface area contributed by atoms with E-state index in [4.69, 9.17) is 36.8 Å². The van der Waals surface area contributed by atoms with Gasteiger partial charge in [0.2, 0.25) is 0 Å². The zero-order chi connectivity index (χ0) is 112. The van der Waals surface area contributed by atoms with Gasteiger partial charge in [-0.1, -0.05) is 148 Å². The third kappa shape index (κ3) is 36.8. The Morgan fingerprint density at radius 3 is 0.892 bits per heavy atom. The van der Waals surface area contributed by atoms with Crippen LogP contribution < -0.4 is 0 Å². The van der Waals surface area contributed by atoms with Crippen molar-refractivity contribution in [3.05, 3.63) is 36.5 Å². The maximum Gasteiger partial charge on any atom is 0.367 e. The second kappa shape index (κ2) is 58.1. The summed E-state index contributed by atoms with van der Waals surface area (Å²) in [5, 5.41) is -10.4. The van der Waals surface area contributed by atoms with Crippen molar-refractivity contribution < 1.29 is 164 Å². The number of alkyl halides is 4.